The van der Waals surface area contributed by atoms with Crippen LogP contribution in [0, 0.1) is 18.3 Å². The molecule has 1 heterocycles. The monoisotopic (exact) mass is 274 g/mol. The molecule has 3 nitrogen and oxygen atoms in total. The van der Waals surface area contributed by atoms with E-state index in [-0.39, 0.29) is 0 Å². The number of rotatable bonds is 2. The predicted octanol–water partition coefficient (Wildman–Crippen LogP) is 3.50. The van der Waals surface area contributed by atoms with Crippen molar-refractivity contribution in [3.8, 4) is 6.07 Å². The van der Waals surface area contributed by atoms with Gasteiger partial charge in [-0.3, -0.25) is 4.98 Å². The van der Waals surface area contributed by atoms with Gasteiger partial charge in [0, 0.05) is 11.1 Å². The molecule has 1 unspecified atom stereocenters. The Labute approximate surface area is 123 Å². The van der Waals surface area contributed by atoms with Crippen LogP contribution in [0.5, 0.6) is 0 Å². The first-order valence-corrected chi connectivity index (χ1v) is 6.73. The van der Waals surface area contributed by atoms with E-state index in [9.17, 15) is 5.11 Å². The van der Waals surface area contributed by atoms with E-state index in [0.29, 0.717) is 5.56 Å². The van der Waals surface area contributed by atoms with Gasteiger partial charge in [0.15, 0.2) is 0 Å². The second-order valence-electron chi connectivity index (χ2n) is 5.04. The molecule has 102 valence electrons. The van der Waals surface area contributed by atoms with Crippen molar-refractivity contribution in [3.63, 3.8) is 0 Å². The summed E-state index contributed by atoms with van der Waals surface area (Å²) in [5.74, 6) is 0. The van der Waals surface area contributed by atoms with Crippen LogP contribution in [0.1, 0.15) is 28.5 Å². The second-order valence-corrected chi connectivity index (χ2v) is 5.04. The van der Waals surface area contributed by atoms with Crippen LogP contribution >= 0.6 is 0 Å². The number of nitrogens with zero attached hydrogens (tertiary/aromatic N) is 2. The van der Waals surface area contributed by atoms with E-state index >= 15 is 0 Å². The number of aryl methyl sites for hydroxylation is 1. The minimum atomic E-state index is -0.705. The van der Waals surface area contributed by atoms with Gasteiger partial charge in [-0.1, -0.05) is 24.3 Å². The molecule has 3 rings (SSSR count). The van der Waals surface area contributed by atoms with Gasteiger partial charge in [0.25, 0.3) is 0 Å². The van der Waals surface area contributed by atoms with E-state index in [4.69, 9.17) is 5.26 Å². The maximum Gasteiger partial charge on any atom is 0.104 e. The lowest BCUT2D eigenvalue weighted by Crippen LogP contribution is -1.99. The molecule has 3 aromatic rings. The van der Waals surface area contributed by atoms with Crippen LogP contribution in [-0.2, 0) is 0 Å². The summed E-state index contributed by atoms with van der Waals surface area (Å²) in [6, 6.07) is 18.8. The van der Waals surface area contributed by atoms with Gasteiger partial charge in [-0.15, -0.1) is 0 Å². The summed E-state index contributed by atoms with van der Waals surface area (Å²) >= 11 is 0. The van der Waals surface area contributed by atoms with E-state index in [0.717, 1.165) is 27.7 Å². The van der Waals surface area contributed by atoms with Crippen molar-refractivity contribution in [2.45, 2.75) is 13.0 Å². The summed E-state index contributed by atoms with van der Waals surface area (Å²) in [4.78, 5) is 4.45. The zero-order valence-corrected chi connectivity index (χ0v) is 11.6. The van der Waals surface area contributed by atoms with Crippen molar-refractivity contribution < 1.29 is 5.11 Å². The molecule has 0 spiro atoms. The topological polar surface area (TPSA) is 56.9 Å². The van der Waals surface area contributed by atoms with Crippen LogP contribution in [0.15, 0.2) is 54.6 Å². The molecule has 0 amide bonds. The van der Waals surface area contributed by atoms with E-state index in [1.54, 1.807) is 24.3 Å². The van der Waals surface area contributed by atoms with E-state index in [1.165, 1.54) is 0 Å². The number of aromatic nitrogens is 1. The largest absolute Gasteiger partial charge is 0.384 e. The minimum absolute atomic E-state index is 0.587. The van der Waals surface area contributed by atoms with Crippen LogP contribution in [0.4, 0.5) is 0 Å². The van der Waals surface area contributed by atoms with Gasteiger partial charge in [-0.05, 0) is 48.4 Å². The van der Waals surface area contributed by atoms with Gasteiger partial charge in [0.2, 0.25) is 0 Å². The summed E-state index contributed by atoms with van der Waals surface area (Å²) in [6.07, 6.45) is -0.705. The Bertz CT molecular complexity index is 832. The molecular weight excluding hydrogens is 260 g/mol. The van der Waals surface area contributed by atoms with Gasteiger partial charge in [-0.2, -0.15) is 5.26 Å². The predicted molar refractivity (Wildman–Crippen MR) is 81.7 cm³/mol. The Morgan fingerprint density at radius 3 is 2.43 bits per heavy atom. The van der Waals surface area contributed by atoms with Gasteiger partial charge in [0.05, 0.1) is 17.1 Å². The van der Waals surface area contributed by atoms with Crippen molar-refractivity contribution in [3.05, 3.63) is 77.0 Å². The molecule has 0 bridgehead atoms. The Kier molecular flexibility index (Phi) is 3.39. The molecule has 0 aliphatic carbocycles. The molecule has 0 radical (unpaired) electrons. The molecule has 1 atom stereocenters. The number of hydrogen-bond acceptors (Lipinski definition) is 3. The molecular formula is C18H14N2O. The number of benzene rings is 2. The number of aliphatic hydroxyl groups excluding tert-OH is 1. The number of fused-ring (bicyclic) bond motifs is 1. The fourth-order valence-electron chi connectivity index (χ4n) is 2.35. The summed E-state index contributed by atoms with van der Waals surface area (Å²) in [7, 11) is 0. The lowest BCUT2D eigenvalue weighted by atomic mass is 9.99. The first-order valence-electron chi connectivity index (χ1n) is 6.73. The molecule has 2 aromatic carbocycles. The van der Waals surface area contributed by atoms with Gasteiger partial charge in [-0.25, -0.2) is 0 Å². The maximum absolute atomic E-state index is 10.5. The van der Waals surface area contributed by atoms with Crippen LogP contribution in [-0.4, -0.2) is 10.1 Å². The summed E-state index contributed by atoms with van der Waals surface area (Å²) in [6.45, 7) is 1.96. The van der Waals surface area contributed by atoms with E-state index < -0.39 is 6.10 Å². The molecule has 0 saturated carbocycles. The highest BCUT2D eigenvalue weighted by Crippen LogP contribution is 2.25. The number of hydrogen-bond donors (Lipinski definition) is 1. The van der Waals surface area contributed by atoms with Crippen LogP contribution in [0.25, 0.3) is 10.9 Å². The van der Waals surface area contributed by atoms with Crippen molar-refractivity contribution >= 4 is 10.9 Å². The highest BCUT2D eigenvalue weighted by molar-refractivity contribution is 5.79. The summed E-state index contributed by atoms with van der Waals surface area (Å²) < 4.78 is 0. The van der Waals surface area contributed by atoms with Crippen LogP contribution < -0.4 is 0 Å². The fraction of sp³-hybridized carbons (Fsp3) is 0.111. The second kappa shape index (κ2) is 5.35. The average Bonchev–Trinajstić information content (AvgIpc) is 2.53. The number of nitriles is 1. The lowest BCUT2D eigenvalue weighted by molar-refractivity contribution is 0.220. The Hall–Kier alpha value is -2.70. The zero-order valence-electron chi connectivity index (χ0n) is 11.6. The first-order chi connectivity index (χ1) is 10.2. The van der Waals surface area contributed by atoms with E-state index in [1.807, 2.05) is 37.3 Å². The van der Waals surface area contributed by atoms with Crippen molar-refractivity contribution in [1.82, 2.24) is 4.98 Å². The average molecular weight is 274 g/mol. The van der Waals surface area contributed by atoms with Crippen molar-refractivity contribution in [2.75, 3.05) is 0 Å². The Morgan fingerprint density at radius 1 is 1.00 bits per heavy atom. The SMILES string of the molecule is Cc1ccc2cc(C(O)c3ccc(C#N)cc3)ccc2n1. The third-order valence-corrected chi connectivity index (χ3v) is 3.52. The molecule has 1 aromatic heterocycles. The highest BCUT2D eigenvalue weighted by atomic mass is 16.3. The highest BCUT2D eigenvalue weighted by Gasteiger charge is 2.11. The van der Waals surface area contributed by atoms with Gasteiger partial charge in [0.1, 0.15) is 6.10 Å². The quantitative estimate of drug-likeness (QED) is 0.778. The Morgan fingerprint density at radius 2 is 1.71 bits per heavy atom. The smallest absolute Gasteiger partial charge is 0.104 e. The molecule has 1 N–H and O–H groups in total. The maximum atomic E-state index is 10.5. The van der Waals surface area contributed by atoms with Crippen LogP contribution in [0.3, 0.4) is 0 Å². The minimum Gasteiger partial charge on any atom is -0.384 e. The molecule has 0 saturated heterocycles. The van der Waals surface area contributed by atoms with Crippen LogP contribution in [0.2, 0.25) is 0 Å². The Balaban J connectivity index is 1.98. The van der Waals surface area contributed by atoms with E-state index in [2.05, 4.69) is 11.1 Å². The molecule has 0 aliphatic heterocycles. The molecule has 0 fully saturated rings. The standard InChI is InChI=1S/C18H14N2O/c1-12-2-5-15-10-16(8-9-17(15)20-12)18(21)14-6-3-13(11-19)4-7-14/h2-10,18,21H,1H3. The number of aliphatic hydroxyl groups is 1. The molecule has 21 heavy (non-hydrogen) atoms. The first kappa shape index (κ1) is 13.3. The summed E-state index contributed by atoms with van der Waals surface area (Å²) in [5, 5.41) is 20.3. The van der Waals surface area contributed by atoms with Crippen molar-refractivity contribution in [1.29, 1.82) is 5.26 Å². The molecule has 3 heteroatoms. The van der Waals surface area contributed by atoms with Gasteiger partial charge < -0.3 is 5.11 Å². The normalized spacial score (nSPS) is 12.0. The lowest BCUT2D eigenvalue weighted by Gasteiger charge is -2.12. The third kappa shape index (κ3) is 2.62. The number of pyridine rings is 1. The fourth-order valence-corrected chi connectivity index (χ4v) is 2.35. The van der Waals surface area contributed by atoms with Crippen molar-refractivity contribution in [2.24, 2.45) is 0 Å². The zero-order chi connectivity index (χ0) is 14.8. The summed E-state index contributed by atoms with van der Waals surface area (Å²) in [5.41, 5.74) is 4.07. The third-order valence-electron chi connectivity index (χ3n) is 3.52. The van der Waals surface area contributed by atoms with Gasteiger partial charge >= 0.3 is 0 Å². The molecule has 0 aliphatic rings.